The molecule has 4 aromatic rings. The van der Waals surface area contributed by atoms with Crippen molar-refractivity contribution in [2.45, 2.75) is 51.5 Å². The Bertz CT molecular complexity index is 1680. The molecule has 10 heteroatoms. The van der Waals surface area contributed by atoms with E-state index in [9.17, 15) is 29.0 Å². The molecule has 9 nitrogen and oxygen atoms in total. The third-order valence-corrected chi connectivity index (χ3v) is 7.38. The minimum Gasteiger partial charge on any atom is -0.481 e. The normalized spacial score (nSPS) is 12.7. The number of aliphatic hydroxyl groups excluding tert-OH is 2. The van der Waals surface area contributed by atoms with E-state index < -0.39 is 42.4 Å². The van der Waals surface area contributed by atoms with Crippen molar-refractivity contribution in [2.24, 2.45) is 0 Å². The van der Waals surface area contributed by atoms with Gasteiger partial charge in [0.25, 0.3) is 5.91 Å². The van der Waals surface area contributed by atoms with Crippen LogP contribution in [0.3, 0.4) is 0 Å². The molecular weight excluding hydrogens is 591 g/mol. The molecule has 240 valence electrons. The first-order valence-electron chi connectivity index (χ1n) is 14.8. The van der Waals surface area contributed by atoms with Crippen LogP contribution in [0.25, 0.3) is 28.3 Å². The van der Waals surface area contributed by atoms with Crippen molar-refractivity contribution in [1.82, 2.24) is 9.47 Å². The summed E-state index contributed by atoms with van der Waals surface area (Å²) < 4.78 is 20.9. The number of ether oxygens (including phenoxy) is 1. The second-order valence-corrected chi connectivity index (χ2v) is 11.1. The molecule has 3 N–H and O–H groups in total. The maximum Gasteiger partial charge on any atom is 0.416 e. The number of imide groups is 1. The number of rotatable bonds is 12. The number of carbonyl (C=O) groups is 3. The molecule has 0 spiro atoms. The van der Waals surface area contributed by atoms with Crippen LogP contribution in [0.2, 0.25) is 0 Å². The number of benzene rings is 3. The number of amides is 2. The first-order chi connectivity index (χ1) is 22.0. The van der Waals surface area contributed by atoms with Gasteiger partial charge < -0.3 is 24.6 Å². The number of carboxylic acid groups (broad SMARTS) is 1. The number of carbonyl (C=O) groups excluding carboxylic acids is 2. The second kappa shape index (κ2) is 15.3. The third-order valence-electron chi connectivity index (χ3n) is 7.38. The van der Waals surface area contributed by atoms with E-state index in [-0.39, 0.29) is 24.7 Å². The van der Waals surface area contributed by atoms with Crippen LogP contribution in [0, 0.1) is 5.82 Å². The number of methoxy groups -OCH3 is 1. The van der Waals surface area contributed by atoms with E-state index in [1.807, 2.05) is 50.2 Å². The van der Waals surface area contributed by atoms with Gasteiger partial charge in [0.05, 0.1) is 32.3 Å². The summed E-state index contributed by atoms with van der Waals surface area (Å²) in [7, 11) is 1.20. The highest BCUT2D eigenvalue weighted by molar-refractivity contribution is 6.10. The van der Waals surface area contributed by atoms with Gasteiger partial charge in [-0.2, -0.15) is 0 Å². The maximum absolute atomic E-state index is 14.7. The first kappa shape index (κ1) is 33.8. The van der Waals surface area contributed by atoms with Crippen LogP contribution in [0.1, 0.15) is 54.5 Å². The molecule has 46 heavy (non-hydrogen) atoms. The molecule has 1 heterocycles. The first-order valence-corrected chi connectivity index (χ1v) is 14.8. The Kier molecular flexibility index (Phi) is 11.2. The van der Waals surface area contributed by atoms with E-state index in [2.05, 4.69) is 0 Å². The molecule has 3 aromatic carbocycles. The predicted octanol–water partition coefficient (Wildman–Crippen LogP) is 6.55. The Balaban J connectivity index is 2.01. The van der Waals surface area contributed by atoms with Gasteiger partial charge in [0.15, 0.2) is 0 Å². The number of hydrogen-bond acceptors (Lipinski definition) is 6. The quantitative estimate of drug-likeness (QED) is 0.162. The highest BCUT2D eigenvalue weighted by atomic mass is 19.1. The van der Waals surface area contributed by atoms with E-state index in [1.54, 1.807) is 47.0 Å². The fraction of sp³-hybridized carbons (Fsp3) is 0.250. The smallest absolute Gasteiger partial charge is 0.416 e. The zero-order valence-corrected chi connectivity index (χ0v) is 25.8. The maximum atomic E-state index is 14.7. The van der Waals surface area contributed by atoms with Crippen molar-refractivity contribution in [3.05, 3.63) is 114 Å². The Hall–Kier alpha value is -5.06. The molecule has 0 bridgehead atoms. The number of nitrogens with zero attached hydrogens (tertiary/aromatic N) is 2. The third kappa shape index (κ3) is 7.96. The van der Waals surface area contributed by atoms with Crippen molar-refractivity contribution in [2.75, 3.05) is 7.11 Å². The van der Waals surface area contributed by atoms with E-state index in [0.29, 0.717) is 33.5 Å². The fourth-order valence-electron chi connectivity index (χ4n) is 5.38. The Morgan fingerprint density at radius 1 is 0.891 bits per heavy atom. The minimum atomic E-state index is -1.28. The lowest BCUT2D eigenvalue weighted by atomic mass is 9.94. The van der Waals surface area contributed by atoms with Crippen molar-refractivity contribution < 1.29 is 38.8 Å². The molecule has 4 rings (SSSR count). The summed E-state index contributed by atoms with van der Waals surface area (Å²) >= 11 is 0. The van der Waals surface area contributed by atoms with Gasteiger partial charge in [-0.15, -0.1) is 0 Å². The van der Waals surface area contributed by atoms with Crippen molar-refractivity contribution >= 4 is 24.0 Å². The van der Waals surface area contributed by atoms with Crippen LogP contribution in [-0.4, -0.2) is 62.1 Å². The number of carboxylic acids is 1. The van der Waals surface area contributed by atoms with Crippen LogP contribution in [0.4, 0.5) is 9.18 Å². The van der Waals surface area contributed by atoms with Crippen LogP contribution < -0.4 is 0 Å². The van der Waals surface area contributed by atoms with Crippen molar-refractivity contribution in [3.63, 3.8) is 0 Å². The average Bonchev–Trinajstić information content (AvgIpc) is 3.38. The molecule has 2 atom stereocenters. The summed E-state index contributed by atoms with van der Waals surface area (Å²) in [4.78, 5) is 39.9. The molecule has 0 fully saturated rings. The monoisotopic (exact) mass is 628 g/mol. The van der Waals surface area contributed by atoms with Crippen LogP contribution >= 0.6 is 0 Å². The van der Waals surface area contributed by atoms with Gasteiger partial charge in [-0.1, -0.05) is 78.9 Å². The molecule has 0 aliphatic rings. The average molecular weight is 629 g/mol. The fourth-order valence-corrected chi connectivity index (χ4v) is 5.38. The van der Waals surface area contributed by atoms with Gasteiger partial charge in [-0.25, -0.2) is 14.1 Å². The molecule has 0 saturated carbocycles. The van der Waals surface area contributed by atoms with E-state index >= 15 is 0 Å². The largest absolute Gasteiger partial charge is 0.481 e. The van der Waals surface area contributed by atoms with Crippen LogP contribution in [-0.2, 0) is 16.1 Å². The SMILES string of the molecule is COC(=O)N(Cc1ccccc1)C(=O)c1c(-c2ccccc2)c(-c2ccc(F)cc2)c(C=CC(O)CC(O)CC(=O)O)n1C(C)C. The van der Waals surface area contributed by atoms with Crippen molar-refractivity contribution in [1.29, 1.82) is 0 Å². The molecule has 0 aliphatic heterocycles. The predicted molar refractivity (Wildman–Crippen MR) is 172 cm³/mol. The Morgan fingerprint density at radius 3 is 2.04 bits per heavy atom. The number of aromatic nitrogens is 1. The van der Waals surface area contributed by atoms with Gasteiger partial charge in [-0.05, 0) is 48.7 Å². The number of hydrogen-bond donors (Lipinski definition) is 3. The highest BCUT2D eigenvalue weighted by Gasteiger charge is 2.34. The second-order valence-electron chi connectivity index (χ2n) is 11.1. The number of aliphatic hydroxyl groups is 2. The van der Waals surface area contributed by atoms with Crippen LogP contribution in [0.5, 0.6) is 0 Å². The molecule has 0 radical (unpaired) electrons. The van der Waals surface area contributed by atoms with Gasteiger partial charge in [0.2, 0.25) is 0 Å². The lowest BCUT2D eigenvalue weighted by Crippen LogP contribution is -2.38. The molecule has 2 unspecified atom stereocenters. The van der Waals surface area contributed by atoms with E-state index in [0.717, 1.165) is 4.90 Å². The summed E-state index contributed by atoms with van der Waals surface area (Å²) in [5, 5.41) is 29.9. The summed E-state index contributed by atoms with van der Waals surface area (Å²) in [6.07, 6.45) is -1.12. The number of aliphatic carboxylic acids is 1. The Morgan fingerprint density at radius 2 is 1.48 bits per heavy atom. The van der Waals surface area contributed by atoms with Crippen molar-refractivity contribution in [3.8, 4) is 22.3 Å². The molecule has 1 aromatic heterocycles. The standard InChI is InChI=1S/C36H37FN2O7/c1-23(2)39-30(19-18-28(40)20-29(41)21-31(42)43)32(26-14-16-27(37)17-15-26)33(25-12-8-5-9-13-25)34(39)35(44)38(36(45)46-3)22-24-10-6-4-7-11-24/h4-19,23,28-29,40-41H,20-22H2,1-3H3,(H,42,43). The van der Waals surface area contributed by atoms with Gasteiger partial charge in [0.1, 0.15) is 11.5 Å². The molecule has 2 amide bonds. The minimum absolute atomic E-state index is 0.0684. The number of halogens is 1. The Labute approximate surface area is 266 Å². The van der Waals surface area contributed by atoms with E-state index in [1.165, 1.54) is 25.3 Å². The molecule has 0 saturated heterocycles. The molecule has 0 aliphatic carbocycles. The van der Waals surface area contributed by atoms with Crippen LogP contribution in [0.15, 0.2) is 91.0 Å². The summed E-state index contributed by atoms with van der Waals surface area (Å²) in [6.45, 7) is 3.66. The lowest BCUT2D eigenvalue weighted by Gasteiger charge is -2.23. The zero-order valence-electron chi connectivity index (χ0n) is 25.8. The van der Waals surface area contributed by atoms with Gasteiger partial charge in [0, 0.05) is 29.3 Å². The van der Waals surface area contributed by atoms with Gasteiger partial charge >= 0.3 is 12.1 Å². The molecular formula is C36H37FN2O7. The summed E-state index contributed by atoms with van der Waals surface area (Å²) in [6, 6.07) is 23.6. The summed E-state index contributed by atoms with van der Waals surface area (Å²) in [5.74, 6) is -2.29. The zero-order chi connectivity index (χ0) is 33.4. The van der Waals surface area contributed by atoms with E-state index in [4.69, 9.17) is 9.84 Å². The summed E-state index contributed by atoms with van der Waals surface area (Å²) in [5.41, 5.74) is 3.59. The topological polar surface area (TPSA) is 129 Å². The van der Waals surface area contributed by atoms with Gasteiger partial charge in [-0.3, -0.25) is 9.59 Å². The highest BCUT2D eigenvalue weighted by Crippen LogP contribution is 2.43. The lowest BCUT2D eigenvalue weighted by molar-refractivity contribution is -0.139.